The van der Waals surface area contributed by atoms with E-state index in [4.69, 9.17) is 0 Å². The standard InChI is InChI=1S/C18H14IN3/c1-12-5-3-4-6-15(12)13-7-8-14(10-20)16(9-13)18-17(19)11-21-22(18)2/h3-9,11H,1-2H3. The van der Waals surface area contributed by atoms with Gasteiger partial charge in [-0.1, -0.05) is 30.3 Å². The van der Waals surface area contributed by atoms with Crippen LogP contribution < -0.4 is 0 Å². The first-order valence-corrected chi connectivity index (χ1v) is 7.97. The van der Waals surface area contributed by atoms with Gasteiger partial charge in [0, 0.05) is 12.6 Å². The number of aryl methyl sites for hydroxylation is 2. The highest BCUT2D eigenvalue weighted by Gasteiger charge is 2.14. The molecule has 2 aromatic carbocycles. The number of hydrogen-bond acceptors (Lipinski definition) is 2. The lowest BCUT2D eigenvalue weighted by Crippen LogP contribution is -1.97. The highest BCUT2D eigenvalue weighted by atomic mass is 127. The Morgan fingerprint density at radius 3 is 2.55 bits per heavy atom. The van der Waals surface area contributed by atoms with Crippen molar-refractivity contribution in [2.45, 2.75) is 6.92 Å². The average Bonchev–Trinajstić information content (AvgIpc) is 2.86. The van der Waals surface area contributed by atoms with Gasteiger partial charge in [-0.2, -0.15) is 10.4 Å². The summed E-state index contributed by atoms with van der Waals surface area (Å²) >= 11 is 2.26. The van der Waals surface area contributed by atoms with E-state index in [-0.39, 0.29) is 0 Å². The molecule has 22 heavy (non-hydrogen) atoms. The van der Waals surface area contributed by atoms with Crippen molar-refractivity contribution in [2.24, 2.45) is 7.05 Å². The molecule has 0 aliphatic rings. The minimum atomic E-state index is 0.666. The van der Waals surface area contributed by atoms with E-state index in [2.05, 4.69) is 58.9 Å². The zero-order valence-corrected chi connectivity index (χ0v) is 14.5. The molecule has 108 valence electrons. The summed E-state index contributed by atoms with van der Waals surface area (Å²) in [6.07, 6.45) is 1.82. The van der Waals surface area contributed by atoms with Gasteiger partial charge in [0.2, 0.25) is 0 Å². The van der Waals surface area contributed by atoms with E-state index in [1.54, 1.807) is 0 Å². The van der Waals surface area contributed by atoms with Gasteiger partial charge >= 0.3 is 0 Å². The Labute approximate surface area is 143 Å². The molecule has 0 aliphatic carbocycles. The minimum absolute atomic E-state index is 0.666. The van der Waals surface area contributed by atoms with Crippen LogP contribution in [0.1, 0.15) is 11.1 Å². The van der Waals surface area contributed by atoms with Crippen LogP contribution in [0.3, 0.4) is 0 Å². The number of aromatic nitrogens is 2. The normalized spacial score (nSPS) is 10.5. The SMILES string of the molecule is Cc1ccccc1-c1ccc(C#N)c(-c2c(I)cnn2C)c1. The molecule has 0 radical (unpaired) electrons. The van der Waals surface area contributed by atoms with Gasteiger partial charge in [-0.25, -0.2) is 0 Å². The molecule has 3 aromatic rings. The topological polar surface area (TPSA) is 41.6 Å². The summed E-state index contributed by atoms with van der Waals surface area (Å²) in [5.41, 5.74) is 6.09. The molecule has 0 spiro atoms. The van der Waals surface area contributed by atoms with Crippen molar-refractivity contribution in [2.75, 3.05) is 0 Å². The molecule has 0 amide bonds. The molecule has 3 rings (SSSR count). The predicted molar refractivity (Wildman–Crippen MR) is 96.2 cm³/mol. The average molecular weight is 399 g/mol. The summed E-state index contributed by atoms with van der Waals surface area (Å²) in [5, 5.41) is 13.7. The van der Waals surface area contributed by atoms with Crippen molar-refractivity contribution in [1.29, 1.82) is 5.26 Å². The van der Waals surface area contributed by atoms with Crippen LogP contribution in [0.25, 0.3) is 22.4 Å². The number of halogens is 1. The van der Waals surface area contributed by atoms with Crippen molar-refractivity contribution in [3.63, 3.8) is 0 Å². The molecule has 0 bridgehead atoms. The maximum absolute atomic E-state index is 9.43. The zero-order chi connectivity index (χ0) is 15.7. The van der Waals surface area contributed by atoms with Gasteiger partial charge in [0.05, 0.1) is 27.1 Å². The van der Waals surface area contributed by atoms with E-state index in [0.29, 0.717) is 5.56 Å². The highest BCUT2D eigenvalue weighted by Crippen LogP contribution is 2.32. The second kappa shape index (κ2) is 5.93. The van der Waals surface area contributed by atoms with Crippen molar-refractivity contribution < 1.29 is 0 Å². The smallest absolute Gasteiger partial charge is 0.0998 e. The van der Waals surface area contributed by atoms with Crippen molar-refractivity contribution >= 4 is 22.6 Å². The van der Waals surface area contributed by atoms with Gasteiger partial charge in [-0.05, 0) is 58.3 Å². The molecule has 0 aliphatic heterocycles. The number of rotatable bonds is 2. The Balaban J connectivity index is 2.25. The third-order valence-corrected chi connectivity index (χ3v) is 4.53. The zero-order valence-electron chi connectivity index (χ0n) is 12.3. The van der Waals surface area contributed by atoms with Crippen LogP contribution in [-0.4, -0.2) is 9.78 Å². The third-order valence-electron chi connectivity index (χ3n) is 3.75. The first-order chi connectivity index (χ1) is 10.6. The van der Waals surface area contributed by atoms with E-state index >= 15 is 0 Å². The number of benzene rings is 2. The van der Waals surface area contributed by atoms with E-state index in [0.717, 1.165) is 20.4 Å². The molecular weight excluding hydrogens is 385 g/mol. The van der Waals surface area contributed by atoms with Crippen LogP contribution in [0, 0.1) is 21.8 Å². The van der Waals surface area contributed by atoms with Crippen LogP contribution in [0.4, 0.5) is 0 Å². The Kier molecular flexibility index (Phi) is 3.99. The molecule has 0 N–H and O–H groups in total. The largest absolute Gasteiger partial charge is 0.267 e. The van der Waals surface area contributed by atoms with Crippen LogP contribution in [0.2, 0.25) is 0 Å². The summed E-state index contributed by atoms with van der Waals surface area (Å²) in [6.45, 7) is 2.10. The highest BCUT2D eigenvalue weighted by molar-refractivity contribution is 14.1. The monoisotopic (exact) mass is 399 g/mol. The molecule has 0 unspecified atom stereocenters. The van der Waals surface area contributed by atoms with Crippen LogP contribution in [0.5, 0.6) is 0 Å². The second-order valence-corrected chi connectivity index (χ2v) is 6.31. The number of hydrogen-bond donors (Lipinski definition) is 0. The molecule has 1 heterocycles. The molecule has 0 fully saturated rings. The fourth-order valence-corrected chi connectivity index (χ4v) is 3.38. The van der Waals surface area contributed by atoms with E-state index in [1.165, 1.54) is 11.1 Å². The van der Waals surface area contributed by atoms with Crippen LogP contribution in [0.15, 0.2) is 48.7 Å². The second-order valence-electron chi connectivity index (χ2n) is 5.15. The quantitative estimate of drug-likeness (QED) is 0.594. The Bertz CT molecular complexity index is 868. The van der Waals surface area contributed by atoms with Gasteiger partial charge in [-0.3, -0.25) is 4.68 Å². The fourth-order valence-electron chi connectivity index (χ4n) is 2.62. The lowest BCUT2D eigenvalue weighted by Gasteiger charge is -2.11. The van der Waals surface area contributed by atoms with E-state index < -0.39 is 0 Å². The summed E-state index contributed by atoms with van der Waals surface area (Å²) in [4.78, 5) is 0. The summed E-state index contributed by atoms with van der Waals surface area (Å²) in [6, 6.07) is 16.5. The van der Waals surface area contributed by atoms with Gasteiger partial charge in [-0.15, -0.1) is 0 Å². The van der Waals surface area contributed by atoms with Gasteiger partial charge in [0.25, 0.3) is 0 Å². The number of nitrogens with zero attached hydrogens (tertiary/aromatic N) is 3. The lowest BCUT2D eigenvalue weighted by atomic mass is 9.95. The van der Waals surface area contributed by atoms with Crippen molar-refractivity contribution in [1.82, 2.24) is 9.78 Å². The minimum Gasteiger partial charge on any atom is -0.267 e. The van der Waals surface area contributed by atoms with Gasteiger partial charge in [0.15, 0.2) is 0 Å². The van der Waals surface area contributed by atoms with E-state index in [9.17, 15) is 5.26 Å². The summed E-state index contributed by atoms with van der Waals surface area (Å²) in [7, 11) is 1.90. The molecule has 3 nitrogen and oxygen atoms in total. The summed E-state index contributed by atoms with van der Waals surface area (Å²) in [5.74, 6) is 0. The molecule has 0 atom stereocenters. The van der Waals surface area contributed by atoms with Crippen molar-refractivity contribution in [3.8, 4) is 28.5 Å². The Morgan fingerprint density at radius 1 is 1.14 bits per heavy atom. The van der Waals surface area contributed by atoms with Gasteiger partial charge < -0.3 is 0 Å². The molecule has 4 heteroatoms. The van der Waals surface area contributed by atoms with E-state index in [1.807, 2.05) is 42.2 Å². The Morgan fingerprint density at radius 2 is 1.91 bits per heavy atom. The maximum atomic E-state index is 9.43. The van der Waals surface area contributed by atoms with Crippen molar-refractivity contribution in [3.05, 3.63) is 63.4 Å². The van der Waals surface area contributed by atoms with Crippen LogP contribution in [-0.2, 0) is 7.05 Å². The lowest BCUT2D eigenvalue weighted by molar-refractivity contribution is 0.775. The molecular formula is C18H14IN3. The third kappa shape index (κ3) is 2.53. The molecule has 1 aromatic heterocycles. The predicted octanol–water partition coefficient (Wildman–Crippen LogP) is 4.54. The fraction of sp³-hybridized carbons (Fsp3) is 0.111. The summed E-state index contributed by atoms with van der Waals surface area (Å²) < 4.78 is 2.86. The Hall–Kier alpha value is -2.13. The first kappa shape index (κ1) is 14.8. The molecule has 0 saturated carbocycles. The van der Waals surface area contributed by atoms with Crippen LogP contribution >= 0.6 is 22.6 Å². The first-order valence-electron chi connectivity index (χ1n) is 6.90. The number of nitriles is 1. The molecule has 0 saturated heterocycles. The maximum Gasteiger partial charge on any atom is 0.0998 e. The van der Waals surface area contributed by atoms with Gasteiger partial charge in [0.1, 0.15) is 0 Å².